The molecule has 1 saturated heterocycles. The second kappa shape index (κ2) is 9.90. The molecule has 1 aliphatic heterocycles. The minimum absolute atomic E-state index is 0.0458. The molecular weight excluding hydrogens is 474 g/mol. The van der Waals surface area contributed by atoms with Crippen molar-refractivity contribution >= 4 is 22.8 Å². The molecule has 0 radical (unpaired) electrons. The van der Waals surface area contributed by atoms with Gasteiger partial charge in [-0.2, -0.15) is 4.98 Å². The molecule has 4 aromatic rings. The molecule has 0 bridgehead atoms. The van der Waals surface area contributed by atoms with Crippen LogP contribution in [-0.4, -0.2) is 74.7 Å². The number of aromatic nitrogens is 3. The third kappa shape index (κ3) is 4.62. The molecule has 182 valence electrons. The van der Waals surface area contributed by atoms with Crippen LogP contribution < -0.4 is 4.74 Å². The predicted molar refractivity (Wildman–Crippen MR) is 129 cm³/mol. The lowest BCUT2D eigenvalue weighted by atomic mass is 9.99. The molecule has 4 N–H and O–H groups in total. The SMILES string of the molecule is COC1OC(CO)C(O)C(O)C1Oc1nc2nc(-c3ccc(-c4ccccc4)cc3)c(Cl)cc2[nH]1. The molecule has 0 saturated carbocycles. The number of H-pyrrole nitrogens is 1. The normalized spacial score (nSPS) is 24.5. The van der Waals surface area contributed by atoms with Crippen LogP contribution in [0.15, 0.2) is 60.7 Å². The zero-order chi connectivity index (χ0) is 24.5. The lowest BCUT2D eigenvalue weighted by Crippen LogP contribution is -2.61. The number of aliphatic hydroxyl groups excluding tert-OH is 3. The first-order valence-corrected chi connectivity index (χ1v) is 11.4. The van der Waals surface area contributed by atoms with Gasteiger partial charge in [0.25, 0.3) is 6.01 Å². The van der Waals surface area contributed by atoms with Gasteiger partial charge in [0.15, 0.2) is 18.0 Å². The van der Waals surface area contributed by atoms with E-state index in [1.807, 2.05) is 54.6 Å². The number of methoxy groups -OCH3 is 1. The molecule has 1 fully saturated rings. The number of ether oxygens (including phenoxy) is 3. The van der Waals surface area contributed by atoms with Gasteiger partial charge in [-0.1, -0.05) is 66.2 Å². The van der Waals surface area contributed by atoms with Crippen molar-refractivity contribution in [2.75, 3.05) is 13.7 Å². The number of nitrogens with one attached hydrogen (secondary N) is 1. The van der Waals surface area contributed by atoms with Crippen molar-refractivity contribution in [3.8, 4) is 28.4 Å². The zero-order valence-electron chi connectivity index (χ0n) is 18.7. The van der Waals surface area contributed by atoms with Crippen LogP contribution in [0.1, 0.15) is 0 Å². The van der Waals surface area contributed by atoms with Crippen LogP contribution >= 0.6 is 11.6 Å². The largest absolute Gasteiger partial charge is 0.453 e. The Balaban J connectivity index is 1.41. The maximum Gasteiger partial charge on any atom is 0.296 e. The van der Waals surface area contributed by atoms with Gasteiger partial charge in [-0.3, -0.25) is 0 Å². The van der Waals surface area contributed by atoms with Crippen molar-refractivity contribution in [3.63, 3.8) is 0 Å². The monoisotopic (exact) mass is 497 g/mol. The minimum atomic E-state index is -1.38. The van der Waals surface area contributed by atoms with E-state index >= 15 is 0 Å². The maximum absolute atomic E-state index is 10.5. The van der Waals surface area contributed by atoms with Gasteiger partial charge in [0, 0.05) is 12.7 Å². The molecule has 5 unspecified atom stereocenters. The topological polar surface area (TPSA) is 130 Å². The van der Waals surface area contributed by atoms with Crippen molar-refractivity contribution in [1.29, 1.82) is 0 Å². The molecule has 1 aliphatic rings. The number of hydrogen-bond acceptors (Lipinski definition) is 8. The van der Waals surface area contributed by atoms with Gasteiger partial charge in [-0.15, -0.1) is 0 Å². The highest BCUT2D eigenvalue weighted by atomic mass is 35.5. The van der Waals surface area contributed by atoms with Gasteiger partial charge >= 0.3 is 0 Å². The van der Waals surface area contributed by atoms with E-state index < -0.39 is 37.3 Å². The average molecular weight is 498 g/mol. The molecule has 5 rings (SSSR count). The number of nitrogens with zero attached hydrogens (tertiary/aromatic N) is 2. The van der Waals surface area contributed by atoms with Crippen molar-refractivity contribution in [3.05, 3.63) is 65.7 Å². The highest BCUT2D eigenvalue weighted by Crippen LogP contribution is 2.32. The van der Waals surface area contributed by atoms with Crippen LogP contribution in [0, 0.1) is 0 Å². The van der Waals surface area contributed by atoms with Gasteiger partial charge in [0.05, 0.1) is 22.8 Å². The quantitative estimate of drug-likeness (QED) is 0.320. The number of rotatable bonds is 6. The van der Waals surface area contributed by atoms with Crippen molar-refractivity contribution in [2.24, 2.45) is 0 Å². The number of pyridine rings is 1. The molecule has 10 heteroatoms. The number of imidazole rings is 1. The summed E-state index contributed by atoms with van der Waals surface area (Å²) in [5.41, 5.74) is 4.48. The van der Waals surface area contributed by atoms with E-state index in [2.05, 4.69) is 15.0 Å². The molecule has 9 nitrogen and oxygen atoms in total. The summed E-state index contributed by atoms with van der Waals surface area (Å²) in [4.78, 5) is 11.9. The number of halogens is 1. The summed E-state index contributed by atoms with van der Waals surface area (Å²) in [6, 6.07) is 19.7. The van der Waals surface area contributed by atoms with E-state index in [-0.39, 0.29) is 6.01 Å². The standard InChI is InChI=1S/C25H24ClN3O6/c1-33-24-22(21(32)20(31)18(12-30)34-24)35-25-27-17-11-16(26)19(28-23(17)29-25)15-9-7-14(8-10-15)13-5-3-2-4-6-13/h2-11,18,20-22,24,30-32H,12H2,1H3,(H,27,28,29). The molecular formula is C25H24ClN3O6. The molecule has 0 aliphatic carbocycles. The Kier molecular flexibility index (Phi) is 6.70. The predicted octanol–water partition coefficient (Wildman–Crippen LogP) is 2.78. The molecule has 5 atom stereocenters. The number of hydrogen-bond donors (Lipinski definition) is 4. The first kappa shape index (κ1) is 23.7. The van der Waals surface area contributed by atoms with E-state index in [4.69, 9.17) is 25.8 Å². The fraction of sp³-hybridized carbons (Fsp3) is 0.280. The first-order valence-electron chi connectivity index (χ1n) is 11.0. The Bertz CT molecular complexity index is 1300. The summed E-state index contributed by atoms with van der Waals surface area (Å²) in [6.45, 7) is -0.479. The van der Waals surface area contributed by atoms with Crippen LogP contribution in [0.5, 0.6) is 6.01 Å². The molecule has 2 aromatic carbocycles. The third-order valence-electron chi connectivity index (χ3n) is 5.97. The van der Waals surface area contributed by atoms with Crippen LogP contribution in [0.2, 0.25) is 5.02 Å². The highest BCUT2D eigenvalue weighted by Gasteiger charge is 2.46. The van der Waals surface area contributed by atoms with Gasteiger partial charge in [0.2, 0.25) is 0 Å². The van der Waals surface area contributed by atoms with Gasteiger partial charge in [-0.05, 0) is 17.2 Å². The summed E-state index contributed by atoms with van der Waals surface area (Å²) >= 11 is 6.53. The minimum Gasteiger partial charge on any atom is -0.453 e. The Hall–Kier alpha value is -3.05. The van der Waals surface area contributed by atoms with Gasteiger partial charge in [0.1, 0.15) is 18.3 Å². The Morgan fingerprint density at radius 2 is 1.66 bits per heavy atom. The molecule has 3 heterocycles. The van der Waals surface area contributed by atoms with Gasteiger partial charge < -0.3 is 34.5 Å². The van der Waals surface area contributed by atoms with E-state index in [0.717, 1.165) is 16.7 Å². The fourth-order valence-corrected chi connectivity index (χ4v) is 4.37. The highest BCUT2D eigenvalue weighted by molar-refractivity contribution is 6.33. The number of aromatic amines is 1. The Morgan fingerprint density at radius 1 is 0.971 bits per heavy atom. The summed E-state index contributed by atoms with van der Waals surface area (Å²) < 4.78 is 16.5. The summed E-state index contributed by atoms with van der Waals surface area (Å²) in [5.74, 6) is 0. The second-order valence-corrected chi connectivity index (χ2v) is 8.61. The summed E-state index contributed by atoms with van der Waals surface area (Å²) in [7, 11) is 1.37. The lowest BCUT2D eigenvalue weighted by Gasteiger charge is -2.40. The van der Waals surface area contributed by atoms with Gasteiger partial charge in [-0.25, -0.2) is 4.98 Å². The average Bonchev–Trinajstić information content (AvgIpc) is 3.28. The van der Waals surface area contributed by atoms with E-state index in [1.54, 1.807) is 6.07 Å². The molecule has 2 aromatic heterocycles. The molecule has 0 spiro atoms. The maximum atomic E-state index is 10.5. The molecule has 0 amide bonds. The van der Waals surface area contributed by atoms with Crippen molar-refractivity contribution in [2.45, 2.75) is 30.7 Å². The Labute approximate surface area is 205 Å². The number of fused-ring (bicyclic) bond motifs is 1. The summed E-state index contributed by atoms with van der Waals surface area (Å²) in [6.07, 6.45) is -5.87. The zero-order valence-corrected chi connectivity index (χ0v) is 19.5. The van der Waals surface area contributed by atoms with Crippen molar-refractivity contribution in [1.82, 2.24) is 15.0 Å². The first-order chi connectivity index (χ1) is 17.0. The van der Waals surface area contributed by atoms with Crippen LogP contribution in [-0.2, 0) is 9.47 Å². The third-order valence-corrected chi connectivity index (χ3v) is 6.26. The lowest BCUT2D eigenvalue weighted by molar-refractivity contribution is -0.289. The number of benzene rings is 2. The van der Waals surface area contributed by atoms with E-state index in [1.165, 1.54) is 7.11 Å². The van der Waals surface area contributed by atoms with E-state index in [9.17, 15) is 15.3 Å². The van der Waals surface area contributed by atoms with E-state index in [0.29, 0.717) is 21.9 Å². The second-order valence-electron chi connectivity index (χ2n) is 8.20. The van der Waals surface area contributed by atoms with Crippen molar-refractivity contribution < 1.29 is 29.5 Å². The summed E-state index contributed by atoms with van der Waals surface area (Å²) in [5, 5.41) is 30.5. The Morgan fingerprint density at radius 3 is 2.34 bits per heavy atom. The number of aliphatic hydroxyl groups is 3. The van der Waals surface area contributed by atoms with Crippen LogP contribution in [0.3, 0.4) is 0 Å². The molecule has 35 heavy (non-hydrogen) atoms. The fourth-order valence-electron chi connectivity index (χ4n) is 4.11. The van der Waals surface area contributed by atoms with Crippen LogP contribution in [0.4, 0.5) is 0 Å². The smallest absolute Gasteiger partial charge is 0.296 e. The van der Waals surface area contributed by atoms with Crippen LogP contribution in [0.25, 0.3) is 33.5 Å².